The van der Waals surface area contributed by atoms with Crippen molar-refractivity contribution >= 4 is 11.6 Å². The van der Waals surface area contributed by atoms with Crippen molar-refractivity contribution in [1.82, 2.24) is 4.90 Å². The maximum Gasteiger partial charge on any atom is 0.238 e. The molecule has 19 heavy (non-hydrogen) atoms. The number of rotatable bonds is 7. The fraction of sp³-hybridized carbons (Fsp3) is 0.417. The van der Waals surface area contributed by atoms with Gasteiger partial charge in [-0.05, 0) is 12.1 Å². The van der Waals surface area contributed by atoms with E-state index in [-0.39, 0.29) is 32.8 Å². The third-order valence-electron chi connectivity index (χ3n) is 2.43. The van der Waals surface area contributed by atoms with E-state index in [0.29, 0.717) is 0 Å². The molecule has 0 aliphatic rings. The lowest BCUT2D eigenvalue weighted by Crippen LogP contribution is -2.37. The molecule has 0 aliphatic carbocycles. The molecule has 1 amide bonds. The van der Waals surface area contributed by atoms with Gasteiger partial charge in [0.25, 0.3) is 0 Å². The number of nitrogens with zero attached hydrogens (tertiary/aromatic N) is 1. The summed E-state index contributed by atoms with van der Waals surface area (Å²) < 4.78 is 26.6. The van der Waals surface area contributed by atoms with E-state index in [1.165, 1.54) is 11.0 Å². The Balaban J connectivity index is 2.63. The van der Waals surface area contributed by atoms with Gasteiger partial charge in [0, 0.05) is 13.1 Å². The molecule has 3 N–H and O–H groups in total. The molecule has 1 aromatic carbocycles. The smallest absolute Gasteiger partial charge is 0.238 e. The van der Waals surface area contributed by atoms with Gasteiger partial charge < -0.3 is 15.5 Å². The average molecular weight is 274 g/mol. The highest BCUT2D eigenvalue weighted by molar-refractivity contribution is 5.92. The second-order valence-electron chi connectivity index (χ2n) is 3.87. The largest absolute Gasteiger partial charge is 0.395 e. The monoisotopic (exact) mass is 274 g/mol. The van der Waals surface area contributed by atoms with Gasteiger partial charge >= 0.3 is 0 Å². The molecule has 0 saturated heterocycles. The second-order valence-corrected chi connectivity index (χ2v) is 3.87. The molecule has 0 fully saturated rings. The standard InChI is InChI=1S/C12H16F2N2O3/c13-9-2-1-3-10(14)12(9)15-11(19)8-16(4-6-17)5-7-18/h1-3,17-18H,4-8H2,(H,15,19). The number of carbonyl (C=O) groups excluding carboxylic acids is 1. The van der Waals surface area contributed by atoms with E-state index in [4.69, 9.17) is 10.2 Å². The average Bonchev–Trinajstić information content (AvgIpc) is 2.35. The summed E-state index contributed by atoms with van der Waals surface area (Å²) in [6.07, 6.45) is 0. The molecule has 0 atom stereocenters. The van der Waals surface area contributed by atoms with Crippen LogP contribution in [-0.4, -0.2) is 53.9 Å². The minimum Gasteiger partial charge on any atom is -0.395 e. The summed E-state index contributed by atoms with van der Waals surface area (Å²) in [4.78, 5) is 13.1. The van der Waals surface area contributed by atoms with Gasteiger partial charge in [-0.15, -0.1) is 0 Å². The highest BCUT2D eigenvalue weighted by atomic mass is 19.1. The van der Waals surface area contributed by atoms with Gasteiger partial charge in [0.2, 0.25) is 5.91 Å². The summed E-state index contributed by atoms with van der Waals surface area (Å²) in [5.74, 6) is -2.33. The van der Waals surface area contributed by atoms with Gasteiger partial charge in [0.05, 0.1) is 19.8 Å². The quantitative estimate of drug-likeness (QED) is 0.663. The Morgan fingerprint density at radius 3 is 2.16 bits per heavy atom. The van der Waals surface area contributed by atoms with Crippen molar-refractivity contribution in [3.05, 3.63) is 29.8 Å². The predicted molar refractivity (Wildman–Crippen MR) is 65.6 cm³/mol. The second kappa shape index (κ2) is 7.78. The number of aliphatic hydroxyl groups excluding tert-OH is 2. The minimum absolute atomic E-state index is 0.172. The Hall–Kier alpha value is -1.57. The number of amides is 1. The maximum absolute atomic E-state index is 13.3. The highest BCUT2D eigenvalue weighted by Gasteiger charge is 2.14. The maximum atomic E-state index is 13.3. The molecule has 5 nitrogen and oxygen atoms in total. The summed E-state index contributed by atoms with van der Waals surface area (Å²) in [6, 6.07) is 3.28. The molecule has 0 radical (unpaired) electrons. The van der Waals surface area contributed by atoms with Crippen LogP contribution in [0.4, 0.5) is 14.5 Å². The summed E-state index contributed by atoms with van der Waals surface area (Å²) >= 11 is 0. The van der Waals surface area contributed by atoms with Crippen LogP contribution in [0.25, 0.3) is 0 Å². The molecule has 0 unspecified atom stereocenters. The van der Waals surface area contributed by atoms with E-state index in [2.05, 4.69) is 5.32 Å². The zero-order chi connectivity index (χ0) is 14.3. The van der Waals surface area contributed by atoms with E-state index in [1.54, 1.807) is 0 Å². The minimum atomic E-state index is -0.857. The van der Waals surface area contributed by atoms with Crippen LogP contribution in [0.3, 0.4) is 0 Å². The van der Waals surface area contributed by atoms with E-state index in [9.17, 15) is 13.6 Å². The van der Waals surface area contributed by atoms with Crippen molar-refractivity contribution in [2.24, 2.45) is 0 Å². The Morgan fingerprint density at radius 2 is 1.68 bits per heavy atom. The fourth-order valence-electron chi connectivity index (χ4n) is 1.55. The number of nitrogens with one attached hydrogen (secondary N) is 1. The van der Waals surface area contributed by atoms with Gasteiger partial charge in [0.1, 0.15) is 17.3 Å². The number of hydrogen-bond donors (Lipinski definition) is 3. The fourth-order valence-corrected chi connectivity index (χ4v) is 1.55. The number of aliphatic hydroxyl groups is 2. The Morgan fingerprint density at radius 1 is 1.16 bits per heavy atom. The third-order valence-corrected chi connectivity index (χ3v) is 2.43. The van der Waals surface area contributed by atoms with Crippen LogP contribution in [0.1, 0.15) is 0 Å². The lowest BCUT2D eigenvalue weighted by molar-refractivity contribution is -0.117. The zero-order valence-corrected chi connectivity index (χ0v) is 10.3. The van der Waals surface area contributed by atoms with Gasteiger partial charge in [-0.2, -0.15) is 0 Å². The van der Waals surface area contributed by atoms with E-state index < -0.39 is 23.2 Å². The van der Waals surface area contributed by atoms with Crippen molar-refractivity contribution < 1.29 is 23.8 Å². The Labute approximate surface area is 109 Å². The number of halogens is 2. The summed E-state index contributed by atoms with van der Waals surface area (Å²) in [5, 5.41) is 19.7. The number of hydrogen-bond acceptors (Lipinski definition) is 4. The molecule has 0 heterocycles. The van der Waals surface area contributed by atoms with Crippen molar-refractivity contribution in [2.45, 2.75) is 0 Å². The van der Waals surface area contributed by atoms with Crippen LogP contribution >= 0.6 is 0 Å². The first-order valence-corrected chi connectivity index (χ1v) is 5.76. The van der Waals surface area contributed by atoms with Crippen LogP contribution in [-0.2, 0) is 4.79 Å². The SMILES string of the molecule is O=C(CN(CCO)CCO)Nc1c(F)cccc1F. The Bertz CT molecular complexity index is 403. The summed E-state index contributed by atoms with van der Waals surface area (Å²) in [5.41, 5.74) is -0.500. The van der Waals surface area contributed by atoms with Crippen LogP contribution in [0.5, 0.6) is 0 Å². The van der Waals surface area contributed by atoms with Gasteiger partial charge in [-0.3, -0.25) is 9.69 Å². The summed E-state index contributed by atoms with van der Waals surface area (Å²) in [6.45, 7) is -0.154. The molecule has 1 rings (SSSR count). The number of para-hydroxylation sites is 1. The molecule has 106 valence electrons. The number of anilines is 1. The Kier molecular flexibility index (Phi) is 6.34. The predicted octanol–water partition coefficient (Wildman–Crippen LogP) is 0.190. The first kappa shape index (κ1) is 15.5. The normalized spacial score (nSPS) is 10.8. The van der Waals surface area contributed by atoms with Crippen molar-refractivity contribution in [1.29, 1.82) is 0 Å². The lowest BCUT2D eigenvalue weighted by Gasteiger charge is -2.19. The molecule has 0 aliphatic heterocycles. The van der Waals surface area contributed by atoms with Crippen molar-refractivity contribution in [2.75, 3.05) is 38.2 Å². The van der Waals surface area contributed by atoms with Crippen molar-refractivity contribution in [3.63, 3.8) is 0 Å². The van der Waals surface area contributed by atoms with Crippen LogP contribution in [0, 0.1) is 11.6 Å². The van der Waals surface area contributed by atoms with Gasteiger partial charge in [-0.1, -0.05) is 6.07 Å². The molecule has 7 heteroatoms. The van der Waals surface area contributed by atoms with Gasteiger partial charge in [-0.25, -0.2) is 8.78 Å². The molecular weight excluding hydrogens is 258 g/mol. The highest BCUT2D eigenvalue weighted by Crippen LogP contribution is 2.17. The molecular formula is C12H16F2N2O3. The third kappa shape index (κ3) is 4.90. The molecule has 0 spiro atoms. The first-order valence-electron chi connectivity index (χ1n) is 5.76. The zero-order valence-electron chi connectivity index (χ0n) is 10.3. The van der Waals surface area contributed by atoms with Crippen LogP contribution < -0.4 is 5.32 Å². The molecule has 0 saturated carbocycles. The molecule has 0 aromatic heterocycles. The van der Waals surface area contributed by atoms with E-state index >= 15 is 0 Å². The molecule has 0 bridgehead atoms. The van der Waals surface area contributed by atoms with Crippen molar-refractivity contribution in [3.8, 4) is 0 Å². The van der Waals surface area contributed by atoms with Crippen LogP contribution in [0.15, 0.2) is 18.2 Å². The lowest BCUT2D eigenvalue weighted by atomic mass is 10.3. The van der Waals surface area contributed by atoms with E-state index in [0.717, 1.165) is 12.1 Å². The van der Waals surface area contributed by atoms with E-state index in [1.807, 2.05) is 0 Å². The van der Waals surface area contributed by atoms with Crippen LogP contribution in [0.2, 0.25) is 0 Å². The topological polar surface area (TPSA) is 72.8 Å². The van der Waals surface area contributed by atoms with Gasteiger partial charge in [0.15, 0.2) is 0 Å². The first-order chi connectivity index (χ1) is 9.08. The number of carbonyl (C=O) groups is 1. The molecule has 1 aromatic rings. The summed E-state index contributed by atoms with van der Waals surface area (Å²) in [7, 11) is 0. The number of benzene rings is 1.